The number of nitrogens with one attached hydrogen (secondary N) is 12. The van der Waals surface area contributed by atoms with Crippen LogP contribution < -0.4 is 65.8 Å². The van der Waals surface area contributed by atoms with Crippen LogP contribution in [0.25, 0.3) is 0 Å². The Morgan fingerprint density at radius 1 is 0.340 bits per heavy atom. The number of nitrogens with zero attached hydrogens (tertiary/aromatic N) is 18. The maximum absolute atomic E-state index is 13.4. The van der Waals surface area contributed by atoms with E-state index in [1.54, 1.807) is 39.0 Å². The first-order valence-electron chi connectivity index (χ1n) is 41.2. The van der Waals surface area contributed by atoms with E-state index in [2.05, 4.69) is 165 Å². The molecule has 6 heterocycles. The third kappa shape index (κ3) is 39.0. The minimum Gasteiger partial charge on any atom is -0.387 e. The van der Waals surface area contributed by atoms with Crippen LogP contribution in [0.5, 0.6) is 0 Å². The SMILES string of the molecule is CCNC(=O)CSc1nonc1C(=Nc1ccc(C)c(Br)c1)NO.CCNC(=O)CSc1nonc1C(=Nc1ccc(C)c(Br)c1)NO.CCNC(=O)CSc1nonc1C(=Nc1ccc(C)c(Br)c1)NO.Cc1cc(N=C(NO)c2nonc2SCC(=O)NO)ccc1F.Cc1cc(N=C(NO)c2nonc2SCC(N)=O)ccc1F.Cc1cc(N=C(NO)c2nonc2SCCCC(=N)CC(=N)N)ccc1F. The molecular weight excluding hydrogens is 2210 g/mol. The van der Waals surface area contributed by atoms with E-state index in [-0.39, 0.29) is 155 Å². The molecule has 0 aliphatic carbocycles. The van der Waals surface area contributed by atoms with Crippen LogP contribution in [0, 0.1) is 69.8 Å². The molecule has 0 saturated carbocycles. The van der Waals surface area contributed by atoms with Crippen LogP contribution >= 0.6 is 118 Å². The van der Waals surface area contributed by atoms with Gasteiger partial charge in [-0.3, -0.25) is 98.7 Å². The molecule has 50 nitrogen and oxygen atoms in total. The van der Waals surface area contributed by atoms with Crippen molar-refractivity contribution in [2.75, 3.05) is 54.2 Å². The molecule has 6 aromatic carbocycles. The van der Waals surface area contributed by atoms with Crippen molar-refractivity contribution in [3.8, 4) is 0 Å². The summed E-state index contributed by atoms with van der Waals surface area (Å²) >= 11 is 16.9. The van der Waals surface area contributed by atoms with Gasteiger partial charge in [-0.2, -0.15) is 0 Å². The molecular formula is C82H92Br3F3N32O18S6. The predicted octanol–water partition coefficient (Wildman–Crippen LogP) is 12.4. The summed E-state index contributed by atoms with van der Waals surface area (Å²) < 4.78 is 70.5. The standard InChI is InChI=1S/C16H20FN7O2S.3C14H16BrN5O3S.C12H12FN5O4S.C12H12FN5O3S/c1-9-7-11(4-5-12(9)17)21-15(22-25)14-16(24-26-23-14)27-6-2-3-10(18)8-13(19)20;3*1-3-16-11(21)7-24-14-12(19-23-20-14)13(18-22)17-9-5-4-8(2)10(15)6-9;1-6-4-7(2-3-8(6)13)14-11(16-21)10-12(18-22-17-10)23-5-9(19)15-20;1-6-4-7(2-3-8(6)13)15-11(16-20)10-12(18-21-17-10)22-5-9(14)19/h4-5,7,18,25H,2-3,6,8H2,1H3,(H3,19,20)(H,21,22);3*4-6,22H,3,7H2,1-2H3,(H,16,21)(H,17,18);2-4,20-21H,5H2,1H3,(H,14,16)(H,15,19);2-4,20H,5H2,1H3,(H2,14,19)(H,15,16). The van der Waals surface area contributed by atoms with E-state index < -0.39 is 11.8 Å². The van der Waals surface area contributed by atoms with Crippen LogP contribution in [0.3, 0.4) is 0 Å². The number of thioether (sulfide) groups is 6. The van der Waals surface area contributed by atoms with Crippen molar-refractivity contribution in [2.45, 2.75) is 112 Å². The molecule has 0 fully saturated rings. The number of rotatable bonds is 37. The zero-order valence-corrected chi connectivity index (χ0v) is 86.6. The van der Waals surface area contributed by atoms with Crippen LogP contribution in [0.1, 0.15) is 108 Å². The summed E-state index contributed by atoms with van der Waals surface area (Å²) in [4.78, 5) is 81.7. The minimum atomic E-state index is -0.645. The number of halogens is 6. The lowest BCUT2D eigenvalue weighted by Gasteiger charge is -2.05. The van der Waals surface area contributed by atoms with Gasteiger partial charge in [0.05, 0.1) is 68.7 Å². The van der Waals surface area contributed by atoms with E-state index in [0.29, 0.717) is 115 Å². The molecule has 12 aromatic rings. The number of amides is 5. The molecule has 0 unspecified atom stereocenters. The number of hydroxylamine groups is 7. The summed E-state index contributed by atoms with van der Waals surface area (Å²) in [6.07, 6.45) is 1.37. The van der Waals surface area contributed by atoms with Crippen molar-refractivity contribution in [1.82, 2.24) is 116 Å². The Morgan fingerprint density at radius 2 is 0.576 bits per heavy atom. The zero-order valence-electron chi connectivity index (χ0n) is 76.9. The summed E-state index contributed by atoms with van der Waals surface area (Å²) in [6, 6.07) is 29.1. The van der Waals surface area contributed by atoms with Crippen molar-refractivity contribution >= 4 is 229 Å². The van der Waals surface area contributed by atoms with E-state index in [1.807, 2.05) is 111 Å². The van der Waals surface area contributed by atoms with Crippen molar-refractivity contribution in [3.63, 3.8) is 0 Å². The number of hydrogen-bond donors (Lipinski definition) is 21. The van der Waals surface area contributed by atoms with Crippen molar-refractivity contribution in [1.29, 1.82) is 10.8 Å². The fourth-order valence-electron chi connectivity index (χ4n) is 10.4. The molecule has 0 bridgehead atoms. The van der Waals surface area contributed by atoms with Gasteiger partial charge >= 0.3 is 0 Å². The summed E-state index contributed by atoms with van der Waals surface area (Å²) in [6.45, 7) is 17.8. The van der Waals surface area contributed by atoms with E-state index in [9.17, 15) is 68.4 Å². The number of primary amides is 1. The monoisotopic (exact) mass is 2300 g/mol. The molecule has 0 saturated heterocycles. The number of aromatic nitrogens is 12. The molecule has 62 heteroatoms. The summed E-state index contributed by atoms with van der Waals surface area (Å²) in [5.41, 5.74) is 32.4. The highest BCUT2D eigenvalue weighted by molar-refractivity contribution is 9.11. The van der Waals surface area contributed by atoms with E-state index in [4.69, 9.17) is 46.0 Å². The Morgan fingerprint density at radius 3 is 0.799 bits per heavy atom. The maximum Gasteiger partial charge on any atom is 0.253 e. The van der Waals surface area contributed by atoms with Crippen molar-refractivity contribution < 1.29 is 101 Å². The normalized spacial score (nSPS) is 11.4. The van der Waals surface area contributed by atoms with Crippen LogP contribution in [0.2, 0.25) is 0 Å². The fraction of sp³-hybridized carbons (Fsp3) is 0.256. The van der Waals surface area contributed by atoms with Crippen LogP contribution in [0.15, 0.2) is 210 Å². The van der Waals surface area contributed by atoms with E-state index in [0.717, 1.165) is 88.9 Å². The third-order valence-corrected chi connectivity index (χ3v) is 25.6. The van der Waals surface area contributed by atoms with Crippen molar-refractivity contribution in [3.05, 3.63) is 208 Å². The molecule has 6 aromatic heterocycles. The highest BCUT2D eigenvalue weighted by atomic mass is 79.9. The lowest BCUT2D eigenvalue weighted by atomic mass is 10.1. The molecule has 0 aliphatic heterocycles. The number of carbonyl (C=O) groups excluding carboxylic acids is 5. The first-order valence-corrected chi connectivity index (χ1v) is 49.5. The molecule has 5 amide bonds. The van der Waals surface area contributed by atoms with Gasteiger partial charge in [0.2, 0.25) is 23.6 Å². The first-order chi connectivity index (χ1) is 69.1. The summed E-state index contributed by atoms with van der Waals surface area (Å²) in [7, 11) is 0. The second kappa shape index (κ2) is 62.2. The number of aliphatic imine (C=N–C) groups is 6. The van der Waals surface area contributed by atoms with E-state index in [1.165, 1.54) is 71.8 Å². The Balaban J connectivity index is 0.000000235. The number of benzene rings is 6. The van der Waals surface area contributed by atoms with Gasteiger partial charge in [0.1, 0.15) is 17.5 Å². The van der Waals surface area contributed by atoms with Gasteiger partial charge in [0.15, 0.2) is 99.3 Å². The lowest BCUT2D eigenvalue weighted by Crippen LogP contribution is -2.25. The molecule has 0 radical (unpaired) electrons. The molecule has 766 valence electrons. The number of aryl methyl sites for hydroxylation is 6. The summed E-state index contributed by atoms with van der Waals surface area (Å²) in [5, 5.41) is 134. The van der Waals surface area contributed by atoms with Gasteiger partial charge in [0, 0.05) is 50.9 Å². The third-order valence-electron chi connectivity index (χ3n) is 17.3. The Hall–Kier alpha value is -13.5. The second-order valence-corrected chi connectivity index (χ2v) is 36.6. The Labute approximate surface area is 865 Å². The van der Waals surface area contributed by atoms with Gasteiger partial charge in [-0.1, -0.05) is 125 Å². The molecule has 23 N–H and O–H groups in total. The average Bonchev–Trinajstić information content (AvgIpc) is 1.67. The van der Waals surface area contributed by atoms with Crippen LogP contribution in [0.4, 0.5) is 47.3 Å². The van der Waals surface area contributed by atoms with E-state index >= 15 is 0 Å². The minimum absolute atomic E-state index is 0.0223. The molecule has 0 atom stereocenters. The molecule has 0 aliphatic rings. The second-order valence-electron chi connectivity index (χ2n) is 28.1. The fourth-order valence-corrected chi connectivity index (χ4v) is 15.8. The Kier molecular flexibility index (Phi) is 50.7. The number of hydrogen-bond acceptors (Lipinski definition) is 44. The largest absolute Gasteiger partial charge is 0.387 e. The smallest absolute Gasteiger partial charge is 0.253 e. The van der Waals surface area contributed by atoms with Crippen LogP contribution in [-0.2, 0) is 24.0 Å². The molecule has 0 spiro atoms. The average molecular weight is 2300 g/mol. The van der Waals surface area contributed by atoms with Gasteiger partial charge in [-0.15, -0.1) is 11.8 Å². The number of carbonyl (C=O) groups is 5. The molecule has 12 rings (SSSR count). The topological polar surface area (TPSA) is 755 Å². The van der Waals surface area contributed by atoms with Gasteiger partial charge in [-0.05, 0) is 261 Å². The predicted molar refractivity (Wildman–Crippen MR) is 536 cm³/mol. The van der Waals surface area contributed by atoms with Gasteiger partial charge < -0.3 is 32.8 Å². The Bertz CT molecular complexity index is 6230. The molecule has 144 heavy (non-hydrogen) atoms. The lowest BCUT2D eigenvalue weighted by molar-refractivity contribution is -0.126. The van der Waals surface area contributed by atoms with Gasteiger partial charge in [0.25, 0.3) is 5.91 Å². The van der Waals surface area contributed by atoms with Crippen LogP contribution in [-0.4, -0.2) is 229 Å². The summed E-state index contributed by atoms with van der Waals surface area (Å²) in [5.74, 6) is -1.68. The van der Waals surface area contributed by atoms with Crippen molar-refractivity contribution in [2.24, 2.45) is 41.4 Å². The number of amidine groups is 7. The number of nitrogens with two attached hydrogens (primary N) is 2. The maximum atomic E-state index is 13.4. The highest BCUT2D eigenvalue weighted by Crippen LogP contribution is 2.32. The zero-order chi connectivity index (χ0) is 105. The van der Waals surface area contributed by atoms with Gasteiger partial charge in [-0.25, -0.2) is 76.4 Å². The first kappa shape index (κ1) is 117. The highest BCUT2D eigenvalue weighted by Gasteiger charge is 2.26. The quantitative estimate of drug-likeness (QED) is 0.00429.